The molecule has 0 spiro atoms. The summed E-state index contributed by atoms with van der Waals surface area (Å²) in [6, 6.07) is 15.1. The second-order valence-corrected chi connectivity index (χ2v) is 5.41. The highest BCUT2D eigenvalue weighted by molar-refractivity contribution is 6.04. The van der Waals surface area contributed by atoms with Gasteiger partial charge >= 0.3 is 0 Å². The van der Waals surface area contributed by atoms with Crippen LogP contribution in [0, 0.1) is 6.92 Å². The van der Waals surface area contributed by atoms with Gasteiger partial charge in [0.25, 0.3) is 5.91 Å². The summed E-state index contributed by atoms with van der Waals surface area (Å²) in [5.74, 6) is 0.371. The molecule has 0 saturated carbocycles. The van der Waals surface area contributed by atoms with Crippen molar-refractivity contribution in [3.8, 4) is 0 Å². The van der Waals surface area contributed by atoms with Crippen molar-refractivity contribution in [1.29, 1.82) is 0 Å². The summed E-state index contributed by atoms with van der Waals surface area (Å²) < 4.78 is 0. The van der Waals surface area contributed by atoms with Crippen LogP contribution in [0.5, 0.6) is 0 Å². The van der Waals surface area contributed by atoms with Gasteiger partial charge in [-0.15, -0.1) is 0 Å². The lowest BCUT2D eigenvalue weighted by Crippen LogP contribution is -2.14. The average Bonchev–Trinajstić information content (AvgIpc) is 2.62. The van der Waals surface area contributed by atoms with E-state index in [0.29, 0.717) is 17.9 Å². The van der Waals surface area contributed by atoms with Crippen molar-refractivity contribution in [1.82, 2.24) is 9.97 Å². The Balaban J connectivity index is 1.60. The van der Waals surface area contributed by atoms with Crippen molar-refractivity contribution in [2.24, 2.45) is 0 Å². The van der Waals surface area contributed by atoms with Crippen LogP contribution in [-0.4, -0.2) is 15.9 Å². The smallest absolute Gasteiger partial charge is 0.257 e. The van der Waals surface area contributed by atoms with Crippen molar-refractivity contribution >= 4 is 17.4 Å². The normalized spacial score (nSPS) is 10.2. The van der Waals surface area contributed by atoms with Crippen molar-refractivity contribution in [2.75, 3.05) is 10.6 Å². The van der Waals surface area contributed by atoms with Crippen molar-refractivity contribution in [3.05, 3.63) is 83.8 Å². The lowest BCUT2D eigenvalue weighted by atomic mass is 10.1. The van der Waals surface area contributed by atoms with Crippen molar-refractivity contribution in [3.63, 3.8) is 0 Å². The highest BCUT2D eigenvalue weighted by atomic mass is 16.1. The fraction of sp³-hybridized carbons (Fsp3) is 0.105. The number of nitrogens with zero attached hydrogens (tertiary/aromatic N) is 2. The monoisotopic (exact) mass is 318 g/mol. The van der Waals surface area contributed by atoms with Gasteiger partial charge in [0, 0.05) is 24.5 Å². The molecule has 1 aromatic carbocycles. The van der Waals surface area contributed by atoms with Gasteiger partial charge in [0.1, 0.15) is 5.82 Å². The summed E-state index contributed by atoms with van der Waals surface area (Å²) in [7, 11) is 0. The highest BCUT2D eigenvalue weighted by Gasteiger charge is 2.08. The Kier molecular flexibility index (Phi) is 4.81. The summed E-state index contributed by atoms with van der Waals surface area (Å²) in [6.07, 6.45) is 5.23. The number of hydrogen-bond donors (Lipinski definition) is 2. The van der Waals surface area contributed by atoms with Gasteiger partial charge < -0.3 is 10.6 Å². The molecule has 0 unspecified atom stereocenters. The van der Waals surface area contributed by atoms with Crippen LogP contribution in [0.1, 0.15) is 21.5 Å². The summed E-state index contributed by atoms with van der Waals surface area (Å²) in [6.45, 7) is 2.60. The molecule has 2 aromatic heterocycles. The van der Waals surface area contributed by atoms with Crippen LogP contribution in [0.25, 0.3) is 0 Å². The van der Waals surface area contributed by atoms with E-state index in [1.165, 1.54) is 0 Å². The number of carbonyl (C=O) groups excluding carboxylic acids is 1. The molecule has 5 heteroatoms. The number of aromatic nitrogens is 2. The Labute approximate surface area is 140 Å². The molecular weight excluding hydrogens is 300 g/mol. The fourth-order valence-electron chi connectivity index (χ4n) is 2.29. The molecule has 1 amide bonds. The Morgan fingerprint density at radius 2 is 1.83 bits per heavy atom. The van der Waals surface area contributed by atoms with E-state index in [4.69, 9.17) is 0 Å². The largest absolute Gasteiger partial charge is 0.380 e. The Morgan fingerprint density at radius 3 is 2.54 bits per heavy atom. The lowest BCUT2D eigenvalue weighted by Gasteiger charge is -2.09. The molecule has 0 aliphatic rings. The Bertz CT molecular complexity index is 816. The molecule has 0 aliphatic heterocycles. The Morgan fingerprint density at radius 1 is 1.04 bits per heavy atom. The molecule has 0 atom stereocenters. The summed E-state index contributed by atoms with van der Waals surface area (Å²) in [5, 5.41) is 6.09. The number of pyridine rings is 2. The second-order valence-electron chi connectivity index (χ2n) is 5.41. The molecule has 2 heterocycles. The zero-order valence-corrected chi connectivity index (χ0v) is 13.4. The third-order valence-corrected chi connectivity index (χ3v) is 3.64. The topological polar surface area (TPSA) is 66.9 Å². The number of carbonyl (C=O) groups is 1. The fourth-order valence-corrected chi connectivity index (χ4v) is 2.29. The molecule has 5 nitrogen and oxygen atoms in total. The number of anilines is 2. The first-order valence-electron chi connectivity index (χ1n) is 7.68. The predicted molar refractivity (Wildman–Crippen MR) is 94.9 cm³/mol. The first-order valence-corrected chi connectivity index (χ1v) is 7.68. The van der Waals surface area contributed by atoms with E-state index in [0.717, 1.165) is 16.8 Å². The maximum Gasteiger partial charge on any atom is 0.257 e. The standard InChI is InChI=1S/C19H18N4O/c1-14-4-2-3-5-17(14)19(24)23-18-7-6-16(13-22-18)21-12-15-8-10-20-11-9-15/h2-11,13,21H,12H2,1H3,(H,22,23,24). The minimum Gasteiger partial charge on any atom is -0.380 e. The molecule has 0 radical (unpaired) electrons. The van der Waals surface area contributed by atoms with E-state index in [1.54, 1.807) is 30.7 Å². The third kappa shape index (κ3) is 3.95. The van der Waals surface area contributed by atoms with E-state index in [9.17, 15) is 4.79 Å². The van der Waals surface area contributed by atoms with E-state index in [-0.39, 0.29) is 5.91 Å². The molecule has 0 aliphatic carbocycles. The molecule has 0 saturated heterocycles. The Hall–Kier alpha value is -3.21. The number of amides is 1. The quantitative estimate of drug-likeness (QED) is 0.753. The number of benzene rings is 1. The molecule has 3 aromatic rings. The zero-order chi connectivity index (χ0) is 16.8. The van der Waals surface area contributed by atoms with E-state index < -0.39 is 0 Å². The predicted octanol–water partition coefficient (Wildman–Crippen LogP) is 3.65. The van der Waals surface area contributed by atoms with Crippen LogP contribution in [-0.2, 0) is 6.54 Å². The highest BCUT2D eigenvalue weighted by Crippen LogP contribution is 2.13. The molecule has 0 fully saturated rings. The van der Waals surface area contributed by atoms with Gasteiger partial charge in [0.2, 0.25) is 0 Å². The maximum atomic E-state index is 12.3. The minimum atomic E-state index is -0.155. The van der Waals surface area contributed by atoms with Crippen LogP contribution in [0.3, 0.4) is 0 Å². The summed E-state index contributed by atoms with van der Waals surface area (Å²) in [5.41, 5.74) is 3.62. The summed E-state index contributed by atoms with van der Waals surface area (Å²) >= 11 is 0. The minimum absolute atomic E-state index is 0.155. The molecular formula is C19H18N4O. The molecule has 24 heavy (non-hydrogen) atoms. The molecule has 2 N–H and O–H groups in total. The second kappa shape index (κ2) is 7.37. The van der Waals surface area contributed by atoms with Gasteiger partial charge in [-0.25, -0.2) is 4.98 Å². The number of hydrogen-bond acceptors (Lipinski definition) is 4. The molecule has 3 rings (SSSR count). The van der Waals surface area contributed by atoms with Gasteiger partial charge in [-0.1, -0.05) is 18.2 Å². The molecule has 120 valence electrons. The van der Waals surface area contributed by atoms with Crippen LogP contribution in [0.4, 0.5) is 11.5 Å². The van der Waals surface area contributed by atoms with Gasteiger partial charge in [0.05, 0.1) is 11.9 Å². The number of rotatable bonds is 5. The first-order chi connectivity index (χ1) is 11.7. The average molecular weight is 318 g/mol. The zero-order valence-electron chi connectivity index (χ0n) is 13.4. The van der Waals surface area contributed by atoms with E-state index in [1.807, 2.05) is 43.3 Å². The van der Waals surface area contributed by atoms with Crippen LogP contribution < -0.4 is 10.6 Å². The summed E-state index contributed by atoms with van der Waals surface area (Å²) in [4.78, 5) is 20.5. The van der Waals surface area contributed by atoms with Crippen LogP contribution >= 0.6 is 0 Å². The van der Waals surface area contributed by atoms with E-state index in [2.05, 4.69) is 20.6 Å². The van der Waals surface area contributed by atoms with E-state index >= 15 is 0 Å². The molecule has 0 bridgehead atoms. The number of aryl methyl sites for hydroxylation is 1. The van der Waals surface area contributed by atoms with Crippen LogP contribution in [0.15, 0.2) is 67.1 Å². The first kappa shape index (κ1) is 15.7. The van der Waals surface area contributed by atoms with Gasteiger partial charge in [-0.2, -0.15) is 0 Å². The van der Waals surface area contributed by atoms with Gasteiger partial charge in [0.15, 0.2) is 0 Å². The van der Waals surface area contributed by atoms with Crippen molar-refractivity contribution < 1.29 is 4.79 Å². The number of nitrogens with one attached hydrogen (secondary N) is 2. The SMILES string of the molecule is Cc1ccccc1C(=O)Nc1ccc(NCc2ccncc2)cn1. The lowest BCUT2D eigenvalue weighted by molar-refractivity contribution is 0.102. The van der Waals surface area contributed by atoms with Gasteiger partial charge in [-0.3, -0.25) is 9.78 Å². The van der Waals surface area contributed by atoms with Crippen LogP contribution in [0.2, 0.25) is 0 Å². The maximum absolute atomic E-state index is 12.3. The third-order valence-electron chi connectivity index (χ3n) is 3.64. The van der Waals surface area contributed by atoms with Gasteiger partial charge in [-0.05, 0) is 48.4 Å². The van der Waals surface area contributed by atoms with Crippen molar-refractivity contribution in [2.45, 2.75) is 13.5 Å².